The lowest BCUT2D eigenvalue weighted by molar-refractivity contribution is -0.121. The molecule has 1 N–H and O–H groups in total. The van der Waals surface area contributed by atoms with Gasteiger partial charge in [0.25, 0.3) is 0 Å². The van der Waals surface area contributed by atoms with Gasteiger partial charge in [-0.1, -0.05) is 22.9 Å². The van der Waals surface area contributed by atoms with Gasteiger partial charge in [-0.15, -0.1) is 0 Å². The van der Waals surface area contributed by atoms with Crippen LogP contribution in [0.3, 0.4) is 0 Å². The Hall–Kier alpha value is -1.99. The standard InChI is InChI=1S/C16H17ClN2O4S/c1-10-9-24-16(21)19(10)8-14(20)18-3-2-11-6-12(17)15-13(7-11)22-4-5-23-15/h6-7,9H,2-5,8H2,1H3,(H,18,20). The SMILES string of the molecule is Cc1csc(=O)n1CC(=O)NCCc1cc(Cl)c2c(c1)OCCO2. The van der Waals surface area contributed by atoms with Gasteiger partial charge in [-0.3, -0.25) is 14.2 Å². The number of ether oxygens (including phenoxy) is 2. The number of halogens is 1. The van der Waals surface area contributed by atoms with Gasteiger partial charge in [-0.05, 0) is 31.0 Å². The third-order valence-corrected chi connectivity index (χ3v) is 4.83. The van der Waals surface area contributed by atoms with Crippen LogP contribution in [0.4, 0.5) is 0 Å². The summed E-state index contributed by atoms with van der Waals surface area (Å²) in [4.78, 5) is 23.4. The average Bonchev–Trinajstić information content (AvgIpc) is 2.87. The lowest BCUT2D eigenvalue weighted by atomic mass is 10.1. The zero-order valence-electron chi connectivity index (χ0n) is 13.1. The van der Waals surface area contributed by atoms with Gasteiger partial charge < -0.3 is 14.8 Å². The van der Waals surface area contributed by atoms with Crippen molar-refractivity contribution < 1.29 is 14.3 Å². The van der Waals surface area contributed by atoms with Crippen LogP contribution in [0, 0.1) is 6.92 Å². The fraction of sp³-hybridized carbons (Fsp3) is 0.375. The first-order valence-electron chi connectivity index (χ1n) is 7.54. The smallest absolute Gasteiger partial charge is 0.307 e. The first kappa shape index (κ1) is 16.9. The Balaban J connectivity index is 1.56. The van der Waals surface area contributed by atoms with Crippen molar-refractivity contribution in [1.82, 2.24) is 9.88 Å². The molecular formula is C16H17ClN2O4S. The number of hydrogen-bond acceptors (Lipinski definition) is 5. The number of nitrogens with zero attached hydrogens (tertiary/aromatic N) is 1. The highest BCUT2D eigenvalue weighted by atomic mass is 35.5. The molecule has 0 atom stereocenters. The molecule has 1 aliphatic heterocycles. The second-order valence-electron chi connectivity index (χ2n) is 5.43. The monoisotopic (exact) mass is 368 g/mol. The van der Waals surface area contributed by atoms with Crippen molar-refractivity contribution in [3.05, 3.63) is 43.5 Å². The summed E-state index contributed by atoms with van der Waals surface area (Å²) in [6.07, 6.45) is 0.611. The maximum atomic E-state index is 12.0. The van der Waals surface area contributed by atoms with E-state index in [-0.39, 0.29) is 17.3 Å². The van der Waals surface area contributed by atoms with Crippen LogP contribution in [-0.4, -0.2) is 30.2 Å². The molecule has 8 heteroatoms. The Labute approximate surface area is 148 Å². The predicted octanol–water partition coefficient (Wildman–Crippen LogP) is 2.00. The maximum Gasteiger partial charge on any atom is 0.307 e. The van der Waals surface area contributed by atoms with Crippen molar-refractivity contribution in [3.8, 4) is 11.5 Å². The minimum atomic E-state index is -0.192. The van der Waals surface area contributed by atoms with Crippen molar-refractivity contribution in [2.24, 2.45) is 0 Å². The minimum absolute atomic E-state index is 0.0378. The van der Waals surface area contributed by atoms with Crippen LogP contribution < -0.4 is 19.7 Å². The molecule has 1 aliphatic rings. The molecule has 3 rings (SSSR count). The van der Waals surface area contributed by atoms with Gasteiger partial charge in [0, 0.05) is 17.6 Å². The molecule has 24 heavy (non-hydrogen) atoms. The Morgan fingerprint density at radius 2 is 2.17 bits per heavy atom. The summed E-state index contributed by atoms with van der Waals surface area (Å²) >= 11 is 7.28. The van der Waals surface area contributed by atoms with E-state index >= 15 is 0 Å². The Morgan fingerprint density at radius 1 is 1.38 bits per heavy atom. The third-order valence-electron chi connectivity index (χ3n) is 3.67. The molecule has 1 amide bonds. The summed E-state index contributed by atoms with van der Waals surface area (Å²) in [5, 5.41) is 5.07. The second kappa shape index (κ2) is 7.27. The van der Waals surface area contributed by atoms with Crippen LogP contribution >= 0.6 is 22.9 Å². The van der Waals surface area contributed by atoms with Gasteiger partial charge in [0.05, 0.1) is 5.02 Å². The summed E-state index contributed by atoms with van der Waals surface area (Å²) < 4.78 is 12.5. The van der Waals surface area contributed by atoms with E-state index in [0.29, 0.717) is 42.7 Å². The second-order valence-corrected chi connectivity index (χ2v) is 6.66. The lowest BCUT2D eigenvalue weighted by Crippen LogP contribution is -2.32. The topological polar surface area (TPSA) is 69.6 Å². The number of amides is 1. The van der Waals surface area contributed by atoms with Gasteiger partial charge in [0.15, 0.2) is 11.5 Å². The van der Waals surface area contributed by atoms with Crippen LogP contribution in [0.2, 0.25) is 5.02 Å². The molecule has 0 aliphatic carbocycles. The van der Waals surface area contributed by atoms with Crippen molar-refractivity contribution in [2.75, 3.05) is 19.8 Å². The fourth-order valence-electron chi connectivity index (χ4n) is 2.45. The molecule has 0 fully saturated rings. The highest BCUT2D eigenvalue weighted by Gasteiger charge is 2.16. The molecule has 2 aromatic rings. The molecule has 6 nitrogen and oxygen atoms in total. The number of fused-ring (bicyclic) bond motifs is 1. The van der Waals surface area contributed by atoms with E-state index < -0.39 is 0 Å². The molecule has 2 heterocycles. The molecule has 0 bridgehead atoms. The van der Waals surface area contributed by atoms with E-state index in [2.05, 4.69) is 5.32 Å². The molecule has 0 radical (unpaired) electrons. The van der Waals surface area contributed by atoms with Crippen molar-refractivity contribution in [2.45, 2.75) is 19.9 Å². The number of rotatable bonds is 5. The summed E-state index contributed by atoms with van der Waals surface area (Å²) in [5.41, 5.74) is 1.74. The first-order valence-corrected chi connectivity index (χ1v) is 8.80. The van der Waals surface area contributed by atoms with Gasteiger partial charge in [0.2, 0.25) is 5.91 Å². The van der Waals surface area contributed by atoms with Gasteiger partial charge in [-0.25, -0.2) is 0 Å². The molecule has 0 saturated heterocycles. The van der Waals surface area contributed by atoms with E-state index in [1.54, 1.807) is 5.38 Å². The fourth-order valence-corrected chi connectivity index (χ4v) is 3.47. The minimum Gasteiger partial charge on any atom is -0.486 e. The molecular weight excluding hydrogens is 352 g/mol. The Bertz CT molecular complexity index is 815. The molecule has 1 aromatic heterocycles. The number of aryl methyl sites for hydroxylation is 1. The quantitative estimate of drug-likeness (QED) is 0.876. The number of carbonyl (C=O) groups excluding carboxylic acids is 1. The summed E-state index contributed by atoms with van der Waals surface area (Å²) in [6.45, 7) is 3.28. The van der Waals surface area contributed by atoms with Crippen LogP contribution in [0.5, 0.6) is 11.5 Å². The largest absolute Gasteiger partial charge is 0.486 e. The summed E-state index contributed by atoms with van der Waals surface area (Å²) in [6, 6.07) is 3.69. The average molecular weight is 369 g/mol. The number of thiazole rings is 1. The van der Waals surface area contributed by atoms with Gasteiger partial charge in [-0.2, -0.15) is 0 Å². The Kier molecular flexibility index (Phi) is 5.11. The zero-order chi connectivity index (χ0) is 17.1. The van der Waals surface area contributed by atoms with Gasteiger partial charge >= 0.3 is 4.87 Å². The van der Waals surface area contributed by atoms with Crippen LogP contribution in [0.15, 0.2) is 22.3 Å². The van der Waals surface area contributed by atoms with E-state index in [0.717, 1.165) is 22.6 Å². The lowest BCUT2D eigenvalue weighted by Gasteiger charge is -2.20. The van der Waals surface area contributed by atoms with Crippen molar-refractivity contribution in [3.63, 3.8) is 0 Å². The molecule has 0 spiro atoms. The number of benzene rings is 1. The molecule has 0 unspecified atom stereocenters. The summed E-state index contributed by atoms with van der Waals surface area (Å²) in [5.74, 6) is 1.01. The normalized spacial score (nSPS) is 12.9. The summed E-state index contributed by atoms with van der Waals surface area (Å²) in [7, 11) is 0. The zero-order valence-corrected chi connectivity index (χ0v) is 14.7. The van der Waals surface area contributed by atoms with Crippen LogP contribution in [-0.2, 0) is 17.8 Å². The number of aromatic nitrogens is 1. The van der Waals surface area contributed by atoms with Crippen LogP contribution in [0.1, 0.15) is 11.3 Å². The van der Waals surface area contributed by atoms with E-state index in [1.165, 1.54) is 4.57 Å². The predicted molar refractivity (Wildman–Crippen MR) is 92.5 cm³/mol. The van der Waals surface area contributed by atoms with E-state index in [1.807, 2.05) is 19.1 Å². The third kappa shape index (κ3) is 3.73. The van der Waals surface area contributed by atoms with E-state index in [9.17, 15) is 9.59 Å². The number of nitrogens with one attached hydrogen (secondary N) is 1. The highest BCUT2D eigenvalue weighted by Crippen LogP contribution is 2.38. The van der Waals surface area contributed by atoms with Gasteiger partial charge in [0.1, 0.15) is 19.8 Å². The number of carbonyl (C=O) groups is 1. The molecule has 128 valence electrons. The van der Waals surface area contributed by atoms with E-state index in [4.69, 9.17) is 21.1 Å². The number of hydrogen-bond donors (Lipinski definition) is 1. The maximum absolute atomic E-state index is 12.0. The Morgan fingerprint density at radius 3 is 2.92 bits per heavy atom. The first-order chi connectivity index (χ1) is 11.5. The van der Waals surface area contributed by atoms with Crippen LogP contribution in [0.25, 0.3) is 0 Å². The molecule has 1 aromatic carbocycles. The molecule has 0 saturated carbocycles. The van der Waals surface area contributed by atoms with Crippen molar-refractivity contribution >= 4 is 28.8 Å². The van der Waals surface area contributed by atoms with Crippen molar-refractivity contribution in [1.29, 1.82) is 0 Å². The highest BCUT2D eigenvalue weighted by molar-refractivity contribution is 7.07.